The van der Waals surface area contributed by atoms with E-state index in [4.69, 9.17) is 0 Å². The van der Waals surface area contributed by atoms with E-state index in [9.17, 15) is 14.4 Å². The molecule has 3 aromatic carbocycles. The van der Waals surface area contributed by atoms with Crippen LogP contribution in [0, 0.1) is 23.1 Å². The minimum atomic E-state index is -0.456. The summed E-state index contributed by atoms with van der Waals surface area (Å²) < 4.78 is 13.6. The summed E-state index contributed by atoms with van der Waals surface area (Å²) in [6, 6.07) is 26.1. The predicted molar refractivity (Wildman–Crippen MR) is 115 cm³/mol. The quantitative estimate of drug-likeness (QED) is 0.558. The molecule has 0 saturated heterocycles. The second-order valence-corrected chi connectivity index (χ2v) is 8.43. The summed E-state index contributed by atoms with van der Waals surface area (Å²) in [5, 5.41) is 10.8. The molecular formula is C25H17FN2OS. The Hall–Kier alpha value is -3.36. The molecule has 0 bridgehead atoms. The summed E-state index contributed by atoms with van der Waals surface area (Å²) >= 11 is 1.45. The van der Waals surface area contributed by atoms with Crippen LogP contribution in [0.4, 0.5) is 10.1 Å². The highest BCUT2D eigenvalue weighted by Crippen LogP contribution is 2.54. The molecule has 2 heterocycles. The van der Waals surface area contributed by atoms with E-state index in [1.165, 1.54) is 23.9 Å². The first-order valence-electron chi connectivity index (χ1n) is 9.72. The number of hydrogen-bond acceptors (Lipinski definition) is 3. The molecule has 0 radical (unpaired) electrons. The maximum atomic E-state index is 13.8. The molecule has 0 aliphatic carbocycles. The number of rotatable bonds is 3. The fourth-order valence-corrected chi connectivity index (χ4v) is 5.46. The van der Waals surface area contributed by atoms with Crippen LogP contribution >= 0.6 is 11.8 Å². The summed E-state index contributed by atoms with van der Waals surface area (Å²) in [5.74, 6) is -1.24. The van der Waals surface area contributed by atoms with Crippen molar-refractivity contribution in [2.24, 2.45) is 5.92 Å². The van der Waals surface area contributed by atoms with E-state index in [1.807, 2.05) is 54.6 Å². The van der Waals surface area contributed by atoms with Crippen molar-refractivity contribution < 1.29 is 9.18 Å². The number of anilines is 1. The van der Waals surface area contributed by atoms with Gasteiger partial charge in [0.25, 0.3) is 0 Å². The lowest BCUT2D eigenvalue weighted by molar-refractivity contribution is -0.122. The van der Waals surface area contributed by atoms with Gasteiger partial charge in [-0.1, -0.05) is 66.4 Å². The Bertz CT molecular complexity index is 1200. The van der Waals surface area contributed by atoms with Crippen LogP contribution in [-0.2, 0) is 11.2 Å². The van der Waals surface area contributed by atoms with E-state index in [0.29, 0.717) is 17.0 Å². The third kappa shape index (κ3) is 3.01. The normalized spacial score (nSPS) is 20.0. The fourth-order valence-electron chi connectivity index (χ4n) is 4.28. The highest BCUT2D eigenvalue weighted by molar-refractivity contribution is 8.03. The predicted octanol–water partition coefficient (Wildman–Crippen LogP) is 5.66. The molecule has 0 fully saturated rings. The molecule has 2 atom stereocenters. The second-order valence-electron chi connectivity index (χ2n) is 7.40. The van der Waals surface area contributed by atoms with Gasteiger partial charge < -0.3 is 0 Å². The molecule has 0 aromatic heterocycles. The molecule has 1 amide bonds. The number of carbonyl (C=O) groups excluding carboxylic acids is 1. The molecule has 0 N–H and O–H groups in total. The van der Waals surface area contributed by atoms with Gasteiger partial charge in [0, 0.05) is 10.8 Å². The second kappa shape index (κ2) is 7.47. The van der Waals surface area contributed by atoms with Crippen LogP contribution in [0.3, 0.4) is 0 Å². The van der Waals surface area contributed by atoms with Crippen LogP contribution in [0.2, 0.25) is 0 Å². The molecule has 0 unspecified atom stereocenters. The van der Waals surface area contributed by atoms with Crippen molar-refractivity contribution in [3.05, 3.63) is 106 Å². The smallest absolute Gasteiger partial charge is 0.236 e. The molecule has 5 rings (SSSR count). The Morgan fingerprint density at radius 1 is 0.967 bits per heavy atom. The highest BCUT2D eigenvalue weighted by atomic mass is 32.2. The number of thioether (sulfide) groups is 1. The van der Waals surface area contributed by atoms with Crippen LogP contribution < -0.4 is 4.90 Å². The Kier molecular flexibility index (Phi) is 4.65. The number of nitrogens with zero attached hydrogens (tertiary/aromatic N) is 2. The third-order valence-corrected chi connectivity index (χ3v) is 6.81. The number of para-hydroxylation sites is 1. The number of carbonyl (C=O) groups is 1. The Balaban J connectivity index is 1.69. The average molecular weight is 412 g/mol. The van der Waals surface area contributed by atoms with Gasteiger partial charge in [-0.05, 0) is 41.8 Å². The first-order chi connectivity index (χ1) is 14.7. The zero-order valence-corrected chi connectivity index (χ0v) is 16.8. The molecule has 2 aliphatic heterocycles. The topological polar surface area (TPSA) is 44.1 Å². The molecule has 146 valence electrons. The maximum absolute atomic E-state index is 13.8. The van der Waals surface area contributed by atoms with Crippen LogP contribution in [0.25, 0.3) is 0 Å². The Morgan fingerprint density at radius 3 is 2.40 bits per heavy atom. The van der Waals surface area contributed by atoms with Crippen molar-refractivity contribution in [1.82, 2.24) is 0 Å². The summed E-state index contributed by atoms with van der Waals surface area (Å²) in [6.45, 7) is 0. The van der Waals surface area contributed by atoms with E-state index in [-0.39, 0.29) is 11.7 Å². The van der Waals surface area contributed by atoms with Crippen molar-refractivity contribution >= 4 is 23.4 Å². The number of hydrogen-bond donors (Lipinski definition) is 0. The van der Waals surface area contributed by atoms with Crippen LogP contribution in [0.5, 0.6) is 0 Å². The summed E-state index contributed by atoms with van der Waals surface area (Å²) in [6.07, 6.45) is 0.503. The number of allylic oxidation sites excluding steroid dienone is 1. The van der Waals surface area contributed by atoms with Crippen molar-refractivity contribution in [2.45, 2.75) is 17.2 Å². The molecule has 3 nitrogen and oxygen atoms in total. The molecular weight excluding hydrogens is 395 g/mol. The molecule has 2 aliphatic rings. The number of fused-ring (bicyclic) bond motifs is 3. The monoisotopic (exact) mass is 412 g/mol. The van der Waals surface area contributed by atoms with Crippen molar-refractivity contribution in [3.63, 3.8) is 0 Å². The lowest BCUT2D eigenvalue weighted by Gasteiger charge is -2.36. The van der Waals surface area contributed by atoms with Gasteiger partial charge in [-0.25, -0.2) is 4.39 Å². The Labute approximate surface area is 178 Å². The Morgan fingerprint density at radius 2 is 1.67 bits per heavy atom. The van der Waals surface area contributed by atoms with Gasteiger partial charge in [0.2, 0.25) is 5.91 Å². The number of nitriles is 1. The van der Waals surface area contributed by atoms with Gasteiger partial charge in [-0.15, -0.1) is 0 Å². The lowest BCUT2D eigenvalue weighted by Crippen LogP contribution is -2.42. The van der Waals surface area contributed by atoms with Crippen molar-refractivity contribution in [2.75, 3.05) is 4.90 Å². The maximum Gasteiger partial charge on any atom is 0.236 e. The zero-order chi connectivity index (χ0) is 20.7. The number of halogens is 1. The first-order valence-corrected chi connectivity index (χ1v) is 10.5. The SMILES string of the molecule is N#CC1=C2Sc3ccccc3N2C(=O)[C@H](Cc2ccccc2)[C@@H]1c1ccc(F)cc1. The van der Waals surface area contributed by atoms with Gasteiger partial charge in [-0.2, -0.15) is 5.26 Å². The van der Waals surface area contributed by atoms with Crippen molar-refractivity contribution in [1.29, 1.82) is 5.26 Å². The fraction of sp³-hybridized carbons (Fsp3) is 0.120. The third-order valence-electron chi connectivity index (χ3n) is 5.65. The highest BCUT2D eigenvalue weighted by Gasteiger charge is 2.46. The lowest BCUT2D eigenvalue weighted by atomic mass is 9.75. The molecule has 0 spiro atoms. The molecule has 0 saturated carbocycles. The largest absolute Gasteiger partial charge is 0.274 e. The van der Waals surface area contributed by atoms with Gasteiger partial charge in [-0.3, -0.25) is 9.69 Å². The minimum Gasteiger partial charge on any atom is -0.274 e. The zero-order valence-electron chi connectivity index (χ0n) is 16.0. The van der Waals surface area contributed by atoms with E-state index < -0.39 is 11.8 Å². The van der Waals surface area contributed by atoms with Gasteiger partial charge >= 0.3 is 0 Å². The van der Waals surface area contributed by atoms with Crippen LogP contribution in [-0.4, -0.2) is 5.91 Å². The van der Waals surface area contributed by atoms with E-state index in [2.05, 4.69) is 6.07 Å². The van der Waals surface area contributed by atoms with Crippen LogP contribution in [0.15, 0.2) is 94.4 Å². The minimum absolute atomic E-state index is 0.0281. The summed E-state index contributed by atoms with van der Waals surface area (Å²) in [5.41, 5.74) is 3.20. The molecule has 3 aromatic rings. The standard InChI is InChI=1S/C25H17FN2OS/c26-18-12-10-17(11-13-18)23-19(14-16-6-2-1-3-7-16)24(29)28-21-8-4-5-9-22(21)30-25(28)20(23)15-27/h1-13,19,23H,14H2/t19-,23+/m1/s1. The summed E-state index contributed by atoms with van der Waals surface area (Å²) in [7, 11) is 0. The van der Waals surface area contributed by atoms with Gasteiger partial charge in [0.05, 0.1) is 23.2 Å². The van der Waals surface area contributed by atoms with Crippen LogP contribution in [0.1, 0.15) is 17.0 Å². The van der Waals surface area contributed by atoms with E-state index in [0.717, 1.165) is 21.7 Å². The number of benzene rings is 3. The van der Waals surface area contributed by atoms with Crippen molar-refractivity contribution in [3.8, 4) is 6.07 Å². The first kappa shape index (κ1) is 18.7. The van der Waals surface area contributed by atoms with Gasteiger partial charge in [0.15, 0.2) is 0 Å². The van der Waals surface area contributed by atoms with E-state index in [1.54, 1.807) is 17.0 Å². The van der Waals surface area contributed by atoms with E-state index >= 15 is 0 Å². The molecule has 30 heavy (non-hydrogen) atoms. The molecule has 5 heteroatoms. The average Bonchev–Trinajstić information content (AvgIpc) is 3.16. The summed E-state index contributed by atoms with van der Waals surface area (Å²) in [4.78, 5) is 16.4. The van der Waals surface area contributed by atoms with Gasteiger partial charge in [0.1, 0.15) is 10.8 Å². The number of amides is 1.